The van der Waals surface area contributed by atoms with Crippen LogP contribution in [0, 0.1) is 0 Å². The summed E-state index contributed by atoms with van der Waals surface area (Å²) in [6, 6.07) is 12.5. The minimum absolute atomic E-state index is 0.261. The van der Waals surface area contributed by atoms with Crippen LogP contribution >= 0.6 is 0 Å². The molecule has 0 saturated heterocycles. The first-order chi connectivity index (χ1) is 9.10. The summed E-state index contributed by atoms with van der Waals surface area (Å²) in [7, 11) is 1.67. The summed E-state index contributed by atoms with van der Waals surface area (Å²) in [5, 5.41) is 2.29. The number of nitrogens with two attached hydrogens (primary N) is 1. The fraction of sp³-hybridized carbons (Fsp3) is 0.267. The molecular formula is C15H16N2O2. The Kier molecular flexibility index (Phi) is 2.59. The van der Waals surface area contributed by atoms with E-state index in [2.05, 4.69) is 23.2 Å². The quantitative estimate of drug-likeness (QED) is 0.897. The summed E-state index contributed by atoms with van der Waals surface area (Å²) in [6.07, 6.45) is 0. The van der Waals surface area contributed by atoms with Crippen molar-refractivity contribution in [1.29, 1.82) is 0 Å². The standard InChI is InChI=1S/C15H16N2O2/c1-15(9-19-14(16)17-15)12-5-3-11-8-13(18-2)6-4-10(11)7-12/h3-8H,9H2,1-2H3,(H2,16,17). The monoisotopic (exact) mass is 256 g/mol. The zero-order valence-corrected chi connectivity index (χ0v) is 11.0. The van der Waals surface area contributed by atoms with Gasteiger partial charge in [0.1, 0.15) is 17.9 Å². The Hall–Kier alpha value is -2.23. The van der Waals surface area contributed by atoms with Crippen molar-refractivity contribution in [2.45, 2.75) is 12.5 Å². The second-order valence-corrected chi connectivity index (χ2v) is 4.94. The summed E-state index contributed by atoms with van der Waals surface area (Å²) in [5.41, 5.74) is 6.32. The van der Waals surface area contributed by atoms with Crippen molar-refractivity contribution in [3.8, 4) is 5.75 Å². The third-order valence-electron chi connectivity index (χ3n) is 3.53. The predicted molar refractivity (Wildman–Crippen MR) is 75.4 cm³/mol. The number of hydrogen-bond donors (Lipinski definition) is 1. The van der Waals surface area contributed by atoms with Crippen LogP contribution in [0.4, 0.5) is 0 Å². The van der Waals surface area contributed by atoms with Crippen LogP contribution in [0.15, 0.2) is 41.4 Å². The molecule has 0 fully saturated rings. The molecule has 3 rings (SSSR count). The van der Waals surface area contributed by atoms with Gasteiger partial charge in [-0.1, -0.05) is 18.2 Å². The molecule has 1 aliphatic rings. The van der Waals surface area contributed by atoms with Gasteiger partial charge in [0, 0.05) is 0 Å². The largest absolute Gasteiger partial charge is 0.497 e. The highest BCUT2D eigenvalue weighted by atomic mass is 16.5. The number of aliphatic imine (C=N–C) groups is 1. The Morgan fingerprint density at radius 3 is 2.63 bits per heavy atom. The van der Waals surface area contributed by atoms with E-state index in [0.717, 1.165) is 22.1 Å². The highest BCUT2D eigenvalue weighted by Crippen LogP contribution is 2.32. The fourth-order valence-corrected chi connectivity index (χ4v) is 2.36. The van der Waals surface area contributed by atoms with Gasteiger partial charge in [-0.25, -0.2) is 4.99 Å². The molecule has 0 radical (unpaired) electrons. The topological polar surface area (TPSA) is 56.8 Å². The second-order valence-electron chi connectivity index (χ2n) is 4.94. The Morgan fingerprint density at radius 1 is 1.21 bits per heavy atom. The van der Waals surface area contributed by atoms with Gasteiger partial charge >= 0.3 is 0 Å². The minimum atomic E-state index is -0.391. The highest BCUT2D eigenvalue weighted by Gasteiger charge is 2.32. The zero-order chi connectivity index (χ0) is 13.5. The van der Waals surface area contributed by atoms with Crippen molar-refractivity contribution in [3.63, 3.8) is 0 Å². The summed E-state index contributed by atoms with van der Waals surface area (Å²) >= 11 is 0. The van der Waals surface area contributed by atoms with Crippen LogP contribution in [0.2, 0.25) is 0 Å². The summed E-state index contributed by atoms with van der Waals surface area (Å²) in [4.78, 5) is 4.38. The van der Waals surface area contributed by atoms with Gasteiger partial charge in [-0.15, -0.1) is 0 Å². The fourth-order valence-electron chi connectivity index (χ4n) is 2.36. The third kappa shape index (κ3) is 1.99. The lowest BCUT2D eigenvalue weighted by Crippen LogP contribution is -2.20. The number of ether oxygens (including phenoxy) is 2. The number of fused-ring (bicyclic) bond motifs is 1. The van der Waals surface area contributed by atoms with Crippen molar-refractivity contribution in [2.75, 3.05) is 13.7 Å². The van der Waals surface area contributed by atoms with E-state index in [0.29, 0.717) is 6.61 Å². The number of rotatable bonds is 2. The minimum Gasteiger partial charge on any atom is -0.497 e. The van der Waals surface area contributed by atoms with E-state index < -0.39 is 5.54 Å². The van der Waals surface area contributed by atoms with Crippen molar-refractivity contribution < 1.29 is 9.47 Å². The lowest BCUT2D eigenvalue weighted by Gasteiger charge is -2.19. The maximum Gasteiger partial charge on any atom is 0.283 e. The van der Waals surface area contributed by atoms with Crippen LogP contribution in [-0.4, -0.2) is 19.7 Å². The molecule has 98 valence electrons. The lowest BCUT2D eigenvalue weighted by molar-refractivity contribution is 0.266. The van der Waals surface area contributed by atoms with Crippen molar-refractivity contribution in [3.05, 3.63) is 42.0 Å². The van der Waals surface area contributed by atoms with Crippen LogP contribution in [0.5, 0.6) is 5.75 Å². The molecule has 0 aromatic heterocycles. The first kappa shape index (κ1) is 11.8. The Morgan fingerprint density at radius 2 is 1.95 bits per heavy atom. The molecule has 19 heavy (non-hydrogen) atoms. The van der Waals surface area contributed by atoms with Gasteiger partial charge in [-0.05, 0) is 41.5 Å². The van der Waals surface area contributed by atoms with Crippen molar-refractivity contribution in [2.24, 2.45) is 10.7 Å². The molecule has 0 saturated carbocycles. The van der Waals surface area contributed by atoms with Crippen molar-refractivity contribution in [1.82, 2.24) is 0 Å². The van der Waals surface area contributed by atoms with Gasteiger partial charge in [-0.3, -0.25) is 0 Å². The summed E-state index contributed by atoms with van der Waals surface area (Å²) in [6.45, 7) is 2.51. The van der Waals surface area contributed by atoms with Gasteiger partial charge in [-0.2, -0.15) is 0 Å². The molecule has 2 N–H and O–H groups in total. The second kappa shape index (κ2) is 4.16. The first-order valence-electron chi connectivity index (χ1n) is 6.17. The number of amidine groups is 1. The third-order valence-corrected chi connectivity index (χ3v) is 3.53. The Balaban J connectivity index is 2.07. The van der Waals surface area contributed by atoms with E-state index in [4.69, 9.17) is 15.2 Å². The van der Waals surface area contributed by atoms with E-state index in [1.165, 1.54) is 0 Å². The average Bonchev–Trinajstić information content (AvgIpc) is 2.78. The molecule has 0 aliphatic carbocycles. The summed E-state index contributed by atoms with van der Waals surface area (Å²) < 4.78 is 10.5. The molecule has 4 heteroatoms. The first-order valence-corrected chi connectivity index (χ1v) is 6.17. The number of benzene rings is 2. The number of methoxy groups -OCH3 is 1. The normalized spacial score (nSPS) is 22.1. The Labute approximate surface area is 111 Å². The molecule has 4 nitrogen and oxygen atoms in total. The number of hydrogen-bond acceptors (Lipinski definition) is 4. The molecular weight excluding hydrogens is 240 g/mol. The molecule has 1 atom stereocenters. The van der Waals surface area contributed by atoms with E-state index in [1.807, 2.05) is 25.1 Å². The molecule has 1 aliphatic heterocycles. The van der Waals surface area contributed by atoms with Gasteiger partial charge in [0.2, 0.25) is 0 Å². The molecule has 1 heterocycles. The molecule has 0 spiro atoms. The number of nitrogens with zero attached hydrogens (tertiary/aromatic N) is 1. The molecule has 2 aromatic carbocycles. The van der Waals surface area contributed by atoms with Crippen LogP contribution in [0.3, 0.4) is 0 Å². The Bertz CT molecular complexity index is 666. The van der Waals surface area contributed by atoms with E-state index in [9.17, 15) is 0 Å². The van der Waals surface area contributed by atoms with Gasteiger partial charge in [0.05, 0.1) is 7.11 Å². The van der Waals surface area contributed by atoms with E-state index >= 15 is 0 Å². The SMILES string of the molecule is COc1ccc2cc(C3(C)COC(N)=N3)ccc2c1. The maximum atomic E-state index is 5.61. The van der Waals surface area contributed by atoms with Crippen LogP contribution < -0.4 is 10.5 Å². The molecule has 1 unspecified atom stereocenters. The van der Waals surface area contributed by atoms with Crippen LogP contribution in [-0.2, 0) is 10.3 Å². The molecule has 0 amide bonds. The van der Waals surface area contributed by atoms with Crippen LogP contribution in [0.1, 0.15) is 12.5 Å². The predicted octanol–water partition coefficient (Wildman–Crippen LogP) is 2.41. The van der Waals surface area contributed by atoms with Crippen molar-refractivity contribution >= 4 is 16.8 Å². The zero-order valence-electron chi connectivity index (χ0n) is 11.0. The lowest BCUT2D eigenvalue weighted by atomic mass is 9.92. The van der Waals surface area contributed by atoms with Gasteiger partial charge < -0.3 is 15.2 Å². The van der Waals surface area contributed by atoms with E-state index in [-0.39, 0.29) is 6.02 Å². The van der Waals surface area contributed by atoms with E-state index in [1.54, 1.807) is 7.11 Å². The molecule has 2 aromatic rings. The smallest absolute Gasteiger partial charge is 0.283 e. The maximum absolute atomic E-state index is 5.61. The van der Waals surface area contributed by atoms with Crippen LogP contribution in [0.25, 0.3) is 10.8 Å². The van der Waals surface area contributed by atoms with Gasteiger partial charge in [0.15, 0.2) is 0 Å². The molecule has 0 bridgehead atoms. The van der Waals surface area contributed by atoms with Gasteiger partial charge in [0.25, 0.3) is 6.02 Å². The average molecular weight is 256 g/mol. The summed E-state index contributed by atoms with van der Waals surface area (Å²) in [5.74, 6) is 0.859. The highest BCUT2D eigenvalue weighted by molar-refractivity contribution is 5.85.